The molecule has 0 bridgehead atoms. The lowest BCUT2D eigenvalue weighted by Gasteiger charge is -2.28. The molecule has 0 aliphatic heterocycles. The Hall–Kier alpha value is -2.20. The summed E-state index contributed by atoms with van der Waals surface area (Å²) in [6.45, 7) is 15.3. The number of benzene rings is 2. The van der Waals surface area contributed by atoms with Crippen LogP contribution in [0.4, 0.5) is 0 Å². The number of aryl methyl sites for hydroxylation is 2. The third kappa shape index (κ3) is 6.90. The highest BCUT2D eigenvalue weighted by molar-refractivity contribution is 6.18. The highest BCUT2D eigenvalue weighted by Crippen LogP contribution is 2.36. The normalized spacial score (nSPS) is 13.4. The van der Waals surface area contributed by atoms with Crippen LogP contribution in [0.2, 0.25) is 0 Å². The van der Waals surface area contributed by atoms with Gasteiger partial charge in [-0.25, -0.2) is 0 Å². The Balaban J connectivity index is 2.15. The number of esters is 1. The van der Waals surface area contributed by atoms with Crippen molar-refractivity contribution in [3.8, 4) is 11.5 Å². The van der Waals surface area contributed by atoms with Gasteiger partial charge in [-0.05, 0) is 54.2 Å². The van der Waals surface area contributed by atoms with Crippen LogP contribution in [0.5, 0.6) is 11.5 Å². The van der Waals surface area contributed by atoms with Crippen LogP contribution in [0.25, 0.3) is 0 Å². The molecule has 0 heterocycles. The van der Waals surface area contributed by atoms with Crippen LogP contribution in [0.3, 0.4) is 0 Å². The number of halogens is 1. The topological polar surface area (TPSA) is 44.8 Å². The minimum absolute atomic E-state index is 0.181. The van der Waals surface area contributed by atoms with E-state index in [0.717, 1.165) is 35.7 Å². The summed E-state index contributed by atoms with van der Waals surface area (Å²) in [5.74, 6) is 2.09. The first-order chi connectivity index (χ1) is 15.1. The fraction of sp³-hybridized carbons (Fsp3) is 0.519. The van der Waals surface area contributed by atoms with Gasteiger partial charge >= 0.3 is 5.97 Å². The van der Waals surface area contributed by atoms with Crippen molar-refractivity contribution >= 4 is 17.6 Å². The minimum atomic E-state index is -0.464. The average molecular weight is 461 g/mol. The molecule has 0 N–H and O–H groups in total. The molecular formula is C27H37ClO4. The lowest BCUT2D eigenvalue weighted by Crippen LogP contribution is -2.26. The number of ether oxygens (including phenoxy) is 3. The smallest absolute Gasteiger partial charge is 0.303 e. The summed E-state index contributed by atoms with van der Waals surface area (Å²) in [5, 5.41) is 0. The van der Waals surface area contributed by atoms with Crippen LogP contribution in [0, 0.1) is 19.8 Å². The van der Waals surface area contributed by atoms with Crippen molar-refractivity contribution in [1.29, 1.82) is 0 Å². The molecule has 176 valence electrons. The zero-order valence-corrected chi connectivity index (χ0v) is 21.2. The van der Waals surface area contributed by atoms with Gasteiger partial charge in [0.2, 0.25) is 0 Å². The van der Waals surface area contributed by atoms with Crippen molar-refractivity contribution in [3.05, 3.63) is 58.7 Å². The fourth-order valence-corrected chi connectivity index (χ4v) is 3.60. The molecule has 2 atom stereocenters. The Morgan fingerprint density at radius 2 is 1.47 bits per heavy atom. The van der Waals surface area contributed by atoms with Gasteiger partial charge in [0.05, 0.1) is 12.5 Å². The summed E-state index contributed by atoms with van der Waals surface area (Å²) in [7, 11) is 0. The fourth-order valence-electron chi connectivity index (χ4n) is 3.44. The maximum atomic E-state index is 11.2. The number of alkyl halides is 1. The number of carbonyl (C=O) groups excluding carboxylic acids is 1. The summed E-state index contributed by atoms with van der Waals surface area (Å²) in [4.78, 5) is 11.2. The maximum Gasteiger partial charge on any atom is 0.303 e. The molecule has 2 rings (SSSR count). The lowest BCUT2D eigenvalue weighted by atomic mass is 9.77. The standard InChI is InChI=1S/C27H37ClO4/c1-8-18(2)16-30-25-11-9-22(13-19(25)3)27(6,7)23-10-12-26(20(4)14-23)31-17-24(15-28)32-21(5)29/h9-14,18,24H,8,15-17H2,1-7H3. The van der Waals surface area contributed by atoms with E-state index in [1.165, 1.54) is 18.1 Å². The summed E-state index contributed by atoms with van der Waals surface area (Å²) < 4.78 is 17.0. The van der Waals surface area contributed by atoms with Crippen LogP contribution < -0.4 is 9.47 Å². The van der Waals surface area contributed by atoms with Crippen molar-refractivity contribution in [3.63, 3.8) is 0 Å². The summed E-state index contributed by atoms with van der Waals surface area (Å²) in [5.41, 5.74) is 4.42. The van der Waals surface area contributed by atoms with Gasteiger partial charge in [0.25, 0.3) is 0 Å². The van der Waals surface area contributed by atoms with Gasteiger partial charge in [-0.1, -0.05) is 58.4 Å². The van der Waals surface area contributed by atoms with E-state index in [4.69, 9.17) is 25.8 Å². The Bertz CT molecular complexity index is 907. The Labute approximate surface area is 198 Å². The molecule has 0 fully saturated rings. The molecule has 32 heavy (non-hydrogen) atoms. The van der Waals surface area contributed by atoms with Gasteiger partial charge in [-0.3, -0.25) is 4.79 Å². The van der Waals surface area contributed by atoms with E-state index in [0.29, 0.717) is 5.92 Å². The van der Waals surface area contributed by atoms with E-state index in [1.54, 1.807) is 0 Å². The predicted molar refractivity (Wildman–Crippen MR) is 131 cm³/mol. The minimum Gasteiger partial charge on any atom is -0.493 e. The molecule has 2 unspecified atom stereocenters. The average Bonchev–Trinajstić information content (AvgIpc) is 2.75. The SMILES string of the molecule is CCC(C)COc1ccc(C(C)(C)c2ccc(OCC(CCl)OC(C)=O)c(C)c2)cc1C. The summed E-state index contributed by atoms with van der Waals surface area (Å²) in [6, 6.07) is 12.7. The van der Waals surface area contributed by atoms with E-state index in [-0.39, 0.29) is 23.9 Å². The Kier molecular flexibility index (Phi) is 9.45. The zero-order chi connectivity index (χ0) is 23.9. The van der Waals surface area contributed by atoms with E-state index in [1.807, 2.05) is 13.0 Å². The molecular weight excluding hydrogens is 424 g/mol. The number of hydrogen-bond acceptors (Lipinski definition) is 4. The van der Waals surface area contributed by atoms with Gasteiger partial charge < -0.3 is 14.2 Å². The van der Waals surface area contributed by atoms with E-state index >= 15 is 0 Å². The molecule has 2 aromatic rings. The summed E-state index contributed by atoms with van der Waals surface area (Å²) in [6.07, 6.45) is 0.646. The van der Waals surface area contributed by atoms with Gasteiger partial charge in [0, 0.05) is 12.3 Å². The van der Waals surface area contributed by atoms with Crippen LogP contribution in [0.15, 0.2) is 36.4 Å². The largest absolute Gasteiger partial charge is 0.493 e. The van der Waals surface area contributed by atoms with Crippen molar-refractivity contribution in [2.24, 2.45) is 5.92 Å². The van der Waals surface area contributed by atoms with Gasteiger partial charge in [-0.2, -0.15) is 0 Å². The van der Waals surface area contributed by atoms with Gasteiger partial charge in [0.15, 0.2) is 0 Å². The third-order valence-corrected chi connectivity index (χ3v) is 6.29. The lowest BCUT2D eigenvalue weighted by molar-refractivity contribution is -0.146. The first-order valence-electron chi connectivity index (χ1n) is 11.3. The first-order valence-corrected chi connectivity index (χ1v) is 11.8. The molecule has 0 aliphatic rings. The molecule has 5 heteroatoms. The zero-order valence-electron chi connectivity index (χ0n) is 20.5. The quantitative estimate of drug-likeness (QED) is 0.280. The molecule has 0 saturated heterocycles. The van der Waals surface area contributed by atoms with Crippen molar-refractivity contribution < 1.29 is 19.0 Å². The molecule has 0 aliphatic carbocycles. The van der Waals surface area contributed by atoms with Gasteiger partial charge in [0.1, 0.15) is 24.2 Å². The second kappa shape index (κ2) is 11.6. The van der Waals surface area contributed by atoms with Crippen LogP contribution in [0.1, 0.15) is 63.3 Å². The molecule has 0 aromatic heterocycles. The van der Waals surface area contributed by atoms with E-state index < -0.39 is 6.10 Å². The Morgan fingerprint density at radius 1 is 0.969 bits per heavy atom. The molecule has 0 saturated carbocycles. The highest BCUT2D eigenvalue weighted by atomic mass is 35.5. The molecule has 4 nitrogen and oxygen atoms in total. The molecule has 0 amide bonds. The number of carbonyl (C=O) groups is 1. The number of hydrogen-bond donors (Lipinski definition) is 0. The first kappa shape index (κ1) is 26.1. The second-order valence-corrected chi connectivity index (χ2v) is 9.42. The summed E-state index contributed by atoms with van der Waals surface area (Å²) >= 11 is 5.87. The van der Waals surface area contributed by atoms with E-state index in [2.05, 4.69) is 65.0 Å². The monoisotopic (exact) mass is 460 g/mol. The van der Waals surface area contributed by atoms with Gasteiger partial charge in [-0.15, -0.1) is 11.6 Å². The van der Waals surface area contributed by atoms with Crippen LogP contribution >= 0.6 is 11.6 Å². The highest BCUT2D eigenvalue weighted by Gasteiger charge is 2.25. The molecule has 0 radical (unpaired) electrons. The molecule has 0 spiro atoms. The van der Waals surface area contributed by atoms with Crippen LogP contribution in [-0.2, 0) is 14.9 Å². The predicted octanol–water partition coefficient (Wildman–Crippen LogP) is 6.60. The molecule has 2 aromatic carbocycles. The second-order valence-electron chi connectivity index (χ2n) is 9.11. The van der Waals surface area contributed by atoms with Crippen molar-refractivity contribution in [1.82, 2.24) is 0 Å². The third-order valence-electron chi connectivity index (χ3n) is 5.94. The van der Waals surface area contributed by atoms with E-state index in [9.17, 15) is 4.79 Å². The maximum absolute atomic E-state index is 11.2. The number of rotatable bonds is 11. The van der Waals surface area contributed by atoms with Crippen LogP contribution in [-0.4, -0.2) is 31.2 Å². The van der Waals surface area contributed by atoms with Crippen molar-refractivity contribution in [2.75, 3.05) is 19.1 Å². The Morgan fingerprint density at radius 3 is 1.88 bits per heavy atom. The van der Waals surface area contributed by atoms with Crippen molar-refractivity contribution in [2.45, 2.75) is 66.4 Å².